The smallest absolute Gasteiger partial charge is 0.335 e. The number of carboxylic acid groups (broad SMARTS) is 1. The lowest BCUT2D eigenvalue weighted by Gasteiger charge is -2.31. The van der Waals surface area contributed by atoms with Crippen LogP contribution < -0.4 is 0 Å². The van der Waals surface area contributed by atoms with E-state index in [1.807, 2.05) is 6.92 Å². The van der Waals surface area contributed by atoms with E-state index < -0.39 is 16.0 Å². The zero-order valence-corrected chi connectivity index (χ0v) is 15.5. The molecule has 1 aromatic carbocycles. The molecule has 7 nitrogen and oxygen atoms in total. The summed E-state index contributed by atoms with van der Waals surface area (Å²) in [6, 6.07) is 6.70. The number of benzene rings is 1. The number of sulfonamides is 1. The number of nitrogens with zero attached hydrogens (tertiary/aromatic N) is 3. The Morgan fingerprint density at radius 1 is 1.31 bits per heavy atom. The van der Waals surface area contributed by atoms with Gasteiger partial charge in [0.1, 0.15) is 4.90 Å². The molecular formula is C18H23N3O4S. The molecule has 3 rings (SSSR count). The van der Waals surface area contributed by atoms with Gasteiger partial charge in [0.15, 0.2) is 0 Å². The first-order valence-corrected chi connectivity index (χ1v) is 10.2. The van der Waals surface area contributed by atoms with E-state index in [4.69, 9.17) is 5.11 Å². The fourth-order valence-electron chi connectivity index (χ4n) is 3.31. The molecule has 140 valence electrons. The highest BCUT2D eigenvalue weighted by Gasteiger charge is 2.31. The topological polar surface area (TPSA) is 92.5 Å². The van der Waals surface area contributed by atoms with Gasteiger partial charge < -0.3 is 5.11 Å². The Hall–Kier alpha value is -2.19. The third-order valence-corrected chi connectivity index (χ3v) is 6.53. The minimum absolute atomic E-state index is 0.0621. The van der Waals surface area contributed by atoms with Crippen LogP contribution in [0.1, 0.15) is 48.0 Å². The number of hydrogen-bond acceptors (Lipinski definition) is 4. The molecule has 0 bridgehead atoms. The second kappa shape index (κ2) is 7.59. The van der Waals surface area contributed by atoms with Gasteiger partial charge in [0.05, 0.1) is 11.8 Å². The molecular weight excluding hydrogens is 354 g/mol. The molecule has 0 unspecified atom stereocenters. The SMILES string of the molecule is CCCn1cc(S(=O)(=O)N2CCC[C@H](c3ccc(C(=O)O)cc3)C2)cn1. The van der Waals surface area contributed by atoms with Crippen molar-refractivity contribution in [2.45, 2.75) is 43.5 Å². The van der Waals surface area contributed by atoms with Gasteiger partial charge in [0, 0.05) is 25.8 Å². The van der Waals surface area contributed by atoms with Gasteiger partial charge in [-0.3, -0.25) is 4.68 Å². The zero-order valence-electron chi connectivity index (χ0n) is 14.7. The van der Waals surface area contributed by atoms with Crippen molar-refractivity contribution < 1.29 is 18.3 Å². The van der Waals surface area contributed by atoms with Crippen molar-refractivity contribution in [3.8, 4) is 0 Å². The van der Waals surface area contributed by atoms with E-state index in [2.05, 4.69) is 5.10 Å². The lowest BCUT2D eigenvalue weighted by atomic mass is 9.91. The minimum atomic E-state index is -3.57. The Morgan fingerprint density at radius 3 is 2.69 bits per heavy atom. The van der Waals surface area contributed by atoms with Gasteiger partial charge in [0.25, 0.3) is 0 Å². The van der Waals surface area contributed by atoms with Crippen molar-refractivity contribution >= 4 is 16.0 Å². The molecule has 2 heterocycles. The summed E-state index contributed by atoms with van der Waals surface area (Å²) in [5.41, 5.74) is 1.20. The van der Waals surface area contributed by atoms with Crippen molar-refractivity contribution in [1.82, 2.24) is 14.1 Å². The molecule has 1 aliphatic rings. The van der Waals surface area contributed by atoms with Crippen LogP contribution in [0.5, 0.6) is 0 Å². The molecule has 0 saturated carbocycles. The van der Waals surface area contributed by atoms with Crippen LogP contribution in [0.15, 0.2) is 41.6 Å². The second-order valence-electron chi connectivity index (χ2n) is 6.57. The first-order valence-electron chi connectivity index (χ1n) is 8.77. The second-order valence-corrected chi connectivity index (χ2v) is 8.51. The fourth-order valence-corrected chi connectivity index (χ4v) is 4.79. The van der Waals surface area contributed by atoms with E-state index in [1.54, 1.807) is 35.1 Å². The van der Waals surface area contributed by atoms with Crippen molar-refractivity contribution in [2.75, 3.05) is 13.1 Å². The Bertz CT molecular complexity index is 874. The first-order chi connectivity index (χ1) is 12.4. The Balaban J connectivity index is 1.77. The van der Waals surface area contributed by atoms with Crippen LogP contribution in [0, 0.1) is 0 Å². The molecule has 2 aromatic rings. The maximum Gasteiger partial charge on any atom is 0.335 e. The lowest BCUT2D eigenvalue weighted by molar-refractivity contribution is 0.0697. The van der Waals surface area contributed by atoms with Crippen LogP contribution in [0.3, 0.4) is 0 Å². The number of rotatable bonds is 6. The van der Waals surface area contributed by atoms with Crippen molar-refractivity contribution in [3.63, 3.8) is 0 Å². The van der Waals surface area contributed by atoms with Gasteiger partial charge >= 0.3 is 5.97 Å². The van der Waals surface area contributed by atoms with Crippen LogP contribution in [-0.2, 0) is 16.6 Å². The van der Waals surface area contributed by atoms with Gasteiger partial charge in [-0.05, 0) is 42.9 Å². The summed E-state index contributed by atoms with van der Waals surface area (Å²) in [7, 11) is -3.57. The van der Waals surface area contributed by atoms with Crippen LogP contribution in [0.4, 0.5) is 0 Å². The van der Waals surface area contributed by atoms with Crippen LogP contribution in [0.25, 0.3) is 0 Å². The number of aryl methyl sites for hydroxylation is 1. The van der Waals surface area contributed by atoms with E-state index in [0.717, 1.165) is 24.8 Å². The summed E-state index contributed by atoms with van der Waals surface area (Å²) in [4.78, 5) is 11.2. The van der Waals surface area contributed by atoms with Gasteiger partial charge in [-0.25, -0.2) is 13.2 Å². The van der Waals surface area contributed by atoms with Gasteiger partial charge in [-0.15, -0.1) is 0 Å². The summed E-state index contributed by atoms with van der Waals surface area (Å²) in [6.45, 7) is 3.59. The lowest BCUT2D eigenvalue weighted by Crippen LogP contribution is -2.39. The third kappa shape index (κ3) is 3.81. The monoisotopic (exact) mass is 377 g/mol. The molecule has 0 amide bonds. The highest BCUT2D eigenvalue weighted by Crippen LogP contribution is 2.30. The Kier molecular flexibility index (Phi) is 5.43. The summed E-state index contributed by atoms with van der Waals surface area (Å²) < 4.78 is 29.0. The molecule has 0 spiro atoms. The summed E-state index contributed by atoms with van der Waals surface area (Å²) in [6.07, 6.45) is 5.54. The predicted molar refractivity (Wildman–Crippen MR) is 96.7 cm³/mol. The number of aromatic nitrogens is 2. The summed E-state index contributed by atoms with van der Waals surface area (Å²) >= 11 is 0. The zero-order chi connectivity index (χ0) is 18.7. The maximum absolute atomic E-state index is 12.9. The molecule has 1 atom stereocenters. The molecule has 0 radical (unpaired) electrons. The average molecular weight is 377 g/mol. The van der Waals surface area contributed by atoms with Gasteiger partial charge in [-0.2, -0.15) is 9.40 Å². The van der Waals surface area contributed by atoms with Crippen LogP contribution >= 0.6 is 0 Å². The summed E-state index contributed by atoms with van der Waals surface area (Å²) in [5, 5.41) is 13.1. The van der Waals surface area contributed by atoms with E-state index in [1.165, 1.54) is 10.5 Å². The summed E-state index contributed by atoms with van der Waals surface area (Å²) in [5.74, 6) is -0.902. The van der Waals surface area contributed by atoms with Crippen LogP contribution in [0.2, 0.25) is 0 Å². The molecule has 1 aliphatic heterocycles. The molecule has 26 heavy (non-hydrogen) atoms. The third-order valence-electron chi connectivity index (χ3n) is 4.71. The molecule has 1 fully saturated rings. The number of piperidine rings is 1. The first kappa shape index (κ1) is 18.6. The van der Waals surface area contributed by atoms with Crippen molar-refractivity contribution in [1.29, 1.82) is 0 Å². The van der Waals surface area contributed by atoms with E-state index in [-0.39, 0.29) is 16.4 Å². The van der Waals surface area contributed by atoms with E-state index >= 15 is 0 Å². The van der Waals surface area contributed by atoms with Crippen molar-refractivity contribution in [3.05, 3.63) is 47.8 Å². The fraction of sp³-hybridized carbons (Fsp3) is 0.444. The maximum atomic E-state index is 12.9. The number of aromatic carboxylic acids is 1. The molecule has 1 saturated heterocycles. The molecule has 0 aliphatic carbocycles. The largest absolute Gasteiger partial charge is 0.478 e. The number of carboxylic acids is 1. The quantitative estimate of drug-likeness (QED) is 0.835. The minimum Gasteiger partial charge on any atom is -0.478 e. The highest BCUT2D eigenvalue weighted by molar-refractivity contribution is 7.89. The standard InChI is InChI=1S/C18H23N3O4S/c1-2-9-20-13-17(11-19-20)26(24,25)21-10-3-4-16(12-21)14-5-7-15(8-6-14)18(22)23/h5-8,11,13,16H,2-4,9-10,12H2,1H3,(H,22,23)/t16-/m0/s1. The molecule has 1 N–H and O–H groups in total. The Morgan fingerprint density at radius 2 is 2.04 bits per heavy atom. The van der Waals surface area contributed by atoms with E-state index in [9.17, 15) is 13.2 Å². The van der Waals surface area contributed by atoms with Crippen LogP contribution in [-0.4, -0.2) is 46.7 Å². The number of carbonyl (C=O) groups is 1. The molecule has 8 heteroatoms. The van der Waals surface area contributed by atoms with Gasteiger partial charge in [0.2, 0.25) is 10.0 Å². The predicted octanol–water partition coefficient (Wildman–Crippen LogP) is 2.56. The number of hydrogen-bond donors (Lipinski definition) is 1. The molecule has 1 aromatic heterocycles. The Labute approximate surface area is 153 Å². The average Bonchev–Trinajstić information content (AvgIpc) is 3.12. The van der Waals surface area contributed by atoms with E-state index in [0.29, 0.717) is 19.6 Å². The normalized spacial score (nSPS) is 18.7. The van der Waals surface area contributed by atoms with Crippen molar-refractivity contribution in [2.24, 2.45) is 0 Å². The highest BCUT2D eigenvalue weighted by atomic mass is 32.2. The van der Waals surface area contributed by atoms with Gasteiger partial charge in [-0.1, -0.05) is 19.1 Å².